The van der Waals surface area contributed by atoms with Gasteiger partial charge in [0.2, 0.25) is 0 Å². The molecule has 2 heterocycles. The number of hydrazine groups is 1. The number of nitrogens with zero attached hydrogens (tertiary/aromatic N) is 3. The van der Waals surface area contributed by atoms with Crippen LogP contribution in [0.15, 0.2) is 18.6 Å². The number of nitrogens with one attached hydrogen (secondary N) is 2. The molecule has 0 spiro atoms. The lowest BCUT2D eigenvalue weighted by Gasteiger charge is -2.28. The fourth-order valence-corrected chi connectivity index (χ4v) is 1.75. The van der Waals surface area contributed by atoms with E-state index in [1.807, 2.05) is 0 Å². The predicted molar refractivity (Wildman–Crippen MR) is 70.9 cm³/mol. The Morgan fingerprint density at radius 2 is 2.14 bits per heavy atom. The molecule has 21 heavy (non-hydrogen) atoms. The number of ether oxygens (including phenoxy) is 1. The number of rotatable bonds is 5. The Balaban J connectivity index is 1.89. The number of aliphatic hydroxyl groups excluding tert-OH is 1. The maximum atomic E-state index is 12.0. The number of amides is 2. The van der Waals surface area contributed by atoms with Crippen LogP contribution < -0.4 is 10.7 Å². The summed E-state index contributed by atoms with van der Waals surface area (Å²) in [4.78, 5) is 31.5. The van der Waals surface area contributed by atoms with Gasteiger partial charge in [-0.15, -0.1) is 0 Å². The summed E-state index contributed by atoms with van der Waals surface area (Å²) in [5.41, 5.74) is 2.71. The molecule has 1 unspecified atom stereocenters. The maximum absolute atomic E-state index is 12.0. The second kappa shape index (κ2) is 7.62. The minimum absolute atomic E-state index is 0.0788. The Morgan fingerprint density at radius 1 is 1.38 bits per heavy atom. The summed E-state index contributed by atoms with van der Waals surface area (Å²) in [6, 6.07) is -1.05. The van der Waals surface area contributed by atoms with Crippen LogP contribution in [0.5, 0.6) is 0 Å². The van der Waals surface area contributed by atoms with Gasteiger partial charge in [-0.05, 0) is 0 Å². The molecule has 2 amide bonds. The molecule has 1 aliphatic heterocycles. The number of aromatic nitrogens is 2. The molecular formula is C12H17N5O4. The summed E-state index contributed by atoms with van der Waals surface area (Å²) in [5.74, 6) is -1.06. The Labute approximate surface area is 121 Å². The molecule has 1 fully saturated rings. The van der Waals surface area contributed by atoms with Crippen LogP contribution in [0, 0.1) is 0 Å². The minimum Gasteiger partial charge on any atom is -0.394 e. The number of carbonyl (C=O) groups is 2. The molecule has 0 saturated carbocycles. The van der Waals surface area contributed by atoms with Gasteiger partial charge in [0.05, 0.1) is 26.0 Å². The molecule has 3 N–H and O–H groups in total. The van der Waals surface area contributed by atoms with Crippen molar-refractivity contribution in [2.45, 2.75) is 6.04 Å². The van der Waals surface area contributed by atoms with Crippen molar-refractivity contribution in [1.82, 2.24) is 25.7 Å². The Hall–Kier alpha value is -2.10. The third-order valence-corrected chi connectivity index (χ3v) is 2.88. The third kappa shape index (κ3) is 4.45. The molecule has 9 heteroatoms. The van der Waals surface area contributed by atoms with Gasteiger partial charge in [0, 0.05) is 25.5 Å². The monoisotopic (exact) mass is 295 g/mol. The van der Waals surface area contributed by atoms with Gasteiger partial charge in [-0.1, -0.05) is 0 Å². The highest BCUT2D eigenvalue weighted by molar-refractivity contribution is 5.95. The van der Waals surface area contributed by atoms with Gasteiger partial charge in [-0.25, -0.2) is 9.99 Å². The summed E-state index contributed by atoms with van der Waals surface area (Å²) in [7, 11) is 0. The molecule has 0 bridgehead atoms. The molecular weight excluding hydrogens is 278 g/mol. The molecule has 0 aromatic carbocycles. The molecule has 1 aliphatic rings. The van der Waals surface area contributed by atoms with E-state index in [0.29, 0.717) is 26.3 Å². The number of morpholine rings is 1. The number of carbonyl (C=O) groups excluding carboxylic acids is 2. The Morgan fingerprint density at radius 3 is 2.76 bits per heavy atom. The Kier molecular flexibility index (Phi) is 5.55. The highest BCUT2D eigenvalue weighted by Gasteiger charge is 2.23. The number of hydrogen-bond acceptors (Lipinski definition) is 7. The SMILES string of the molecule is O=C(NC(CO)C(=O)NN1CCOCC1)c1cnccn1. The standard InChI is InChI=1S/C12H17N5O4/c18-8-10(12(20)16-17-3-5-21-6-4-17)15-11(19)9-7-13-1-2-14-9/h1-2,7,10,18H,3-6,8H2,(H,15,19)(H,16,20). The predicted octanol–water partition coefficient (Wildman–Crippen LogP) is -2.07. The minimum atomic E-state index is -1.05. The van der Waals surface area contributed by atoms with E-state index in [2.05, 4.69) is 20.7 Å². The zero-order chi connectivity index (χ0) is 15.1. The van der Waals surface area contributed by atoms with E-state index in [9.17, 15) is 14.7 Å². The fraction of sp³-hybridized carbons (Fsp3) is 0.500. The van der Waals surface area contributed by atoms with Crippen LogP contribution in [0.3, 0.4) is 0 Å². The largest absolute Gasteiger partial charge is 0.394 e. The van der Waals surface area contributed by atoms with E-state index < -0.39 is 24.5 Å². The normalized spacial score (nSPS) is 17.0. The van der Waals surface area contributed by atoms with E-state index in [0.717, 1.165) is 0 Å². The van der Waals surface area contributed by atoms with Crippen LogP contribution in [-0.2, 0) is 9.53 Å². The first-order valence-corrected chi connectivity index (χ1v) is 6.51. The van der Waals surface area contributed by atoms with Gasteiger partial charge < -0.3 is 15.2 Å². The van der Waals surface area contributed by atoms with Crippen molar-refractivity contribution >= 4 is 11.8 Å². The highest BCUT2D eigenvalue weighted by Crippen LogP contribution is 1.96. The van der Waals surface area contributed by atoms with Crippen molar-refractivity contribution in [3.63, 3.8) is 0 Å². The van der Waals surface area contributed by atoms with Crippen molar-refractivity contribution < 1.29 is 19.4 Å². The topological polar surface area (TPSA) is 117 Å². The molecule has 1 saturated heterocycles. The van der Waals surface area contributed by atoms with Crippen LogP contribution >= 0.6 is 0 Å². The lowest BCUT2D eigenvalue weighted by molar-refractivity contribution is -0.130. The number of hydrogen-bond donors (Lipinski definition) is 3. The first kappa shape index (κ1) is 15.3. The molecule has 114 valence electrons. The van der Waals surface area contributed by atoms with Gasteiger partial charge in [0.1, 0.15) is 11.7 Å². The zero-order valence-corrected chi connectivity index (χ0v) is 11.4. The Bertz CT molecular complexity index is 478. The van der Waals surface area contributed by atoms with Crippen LogP contribution in [0.1, 0.15) is 10.5 Å². The summed E-state index contributed by atoms with van der Waals surface area (Å²) < 4.78 is 5.16. The van der Waals surface area contributed by atoms with E-state index >= 15 is 0 Å². The van der Waals surface area contributed by atoms with Crippen LogP contribution in [0.25, 0.3) is 0 Å². The average molecular weight is 295 g/mol. The van der Waals surface area contributed by atoms with Gasteiger partial charge in [-0.2, -0.15) is 0 Å². The lowest BCUT2D eigenvalue weighted by Crippen LogP contribution is -2.56. The maximum Gasteiger partial charge on any atom is 0.272 e. The highest BCUT2D eigenvalue weighted by atomic mass is 16.5. The van der Waals surface area contributed by atoms with Crippen molar-refractivity contribution in [1.29, 1.82) is 0 Å². The molecule has 1 atom stereocenters. The average Bonchev–Trinajstić information content (AvgIpc) is 2.54. The van der Waals surface area contributed by atoms with Crippen LogP contribution in [-0.4, -0.2) is 70.8 Å². The van der Waals surface area contributed by atoms with E-state index in [-0.39, 0.29) is 5.69 Å². The van der Waals surface area contributed by atoms with Crippen molar-refractivity contribution in [2.75, 3.05) is 32.9 Å². The fourth-order valence-electron chi connectivity index (χ4n) is 1.75. The summed E-state index contributed by atoms with van der Waals surface area (Å²) in [5, 5.41) is 13.4. The summed E-state index contributed by atoms with van der Waals surface area (Å²) in [6.07, 6.45) is 4.09. The van der Waals surface area contributed by atoms with E-state index in [4.69, 9.17) is 4.74 Å². The van der Waals surface area contributed by atoms with Gasteiger partial charge in [0.15, 0.2) is 0 Å². The first-order chi connectivity index (χ1) is 10.2. The van der Waals surface area contributed by atoms with E-state index in [1.54, 1.807) is 5.01 Å². The van der Waals surface area contributed by atoms with Crippen molar-refractivity contribution in [2.24, 2.45) is 0 Å². The van der Waals surface area contributed by atoms with Crippen LogP contribution in [0.4, 0.5) is 0 Å². The second-order valence-electron chi connectivity index (χ2n) is 4.37. The molecule has 0 aliphatic carbocycles. The van der Waals surface area contributed by atoms with Gasteiger partial charge in [-0.3, -0.25) is 20.0 Å². The lowest BCUT2D eigenvalue weighted by atomic mass is 10.2. The van der Waals surface area contributed by atoms with Crippen molar-refractivity contribution in [3.05, 3.63) is 24.3 Å². The van der Waals surface area contributed by atoms with Crippen LogP contribution in [0.2, 0.25) is 0 Å². The first-order valence-electron chi connectivity index (χ1n) is 6.51. The third-order valence-electron chi connectivity index (χ3n) is 2.88. The summed E-state index contributed by atoms with van der Waals surface area (Å²) in [6.45, 7) is 1.65. The van der Waals surface area contributed by atoms with E-state index in [1.165, 1.54) is 18.6 Å². The zero-order valence-electron chi connectivity index (χ0n) is 11.4. The summed E-state index contributed by atoms with van der Waals surface area (Å²) >= 11 is 0. The molecule has 1 aromatic heterocycles. The van der Waals surface area contributed by atoms with Gasteiger partial charge >= 0.3 is 0 Å². The molecule has 0 radical (unpaired) electrons. The van der Waals surface area contributed by atoms with Crippen molar-refractivity contribution in [3.8, 4) is 0 Å². The molecule has 9 nitrogen and oxygen atoms in total. The van der Waals surface area contributed by atoms with Gasteiger partial charge in [0.25, 0.3) is 11.8 Å². The quantitative estimate of drug-likeness (QED) is 0.571. The molecule has 1 aromatic rings. The smallest absolute Gasteiger partial charge is 0.272 e. The number of aliphatic hydroxyl groups is 1. The second-order valence-corrected chi connectivity index (χ2v) is 4.37. The molecule has 2 rings (SSSR count).